The number of nitrogens with zero attached hydrogens (tertiary/aromatic N) is 3. The Hall–Kier alpha value is -3.48. The third-order valence-electron chi connectivity index (χ3n) is 7.62. The van der Waals surface area contributed by atoms with Crippen LogP contribution in [0.2, 0.25) is 0 Å². The molecule has 6 nitrogen and oxygen atoms in total. The van der Waals surface area contributed by atoms with E-state index >= 15 is 0 Å². The third-order valence-corrected chi connectivity index (χ3v) is 7.62. The van der Waals surface area contributed by atoms with E-state index in [0.717, 1.165) is 36.3 Å². The lowest BCUT2D eigenvalue weighted by atomic mass is 9.84. The maximum Gasteiger partial charge on any atom is 0.289 e. The molecule has 0 bridgehead atoms. The molecule has 5 rings (SSSR count). The molecule has 0 unspecified atom stereocenters. The van der Waals surface area contributed by atoms with E-state index in [1.807, 2.05) is 36.4 Å². The van der Waals surface area contributed by atoms with E-state index in [-0.39, 0.29) is 5.91 Å². The molecule has 0 radical (unpaired) electrons. The number of carbonyl (C=O) groups is 1. The van der Waals surface area contributed by atoms with E-state index in [1.165, 1.54) is 16.7 Å². The number of furan rings is 1. The number of piperidine rings is 1. The Balaban J connectivity index is 1.23. The van der Waals surface area contributed by atoms with Crippen molar-refractivity contribution in [2.45, 2.75) is 45.3 Å². The zero-order valence-electron chi connectivity index (χ0n) is 21.9. The van der Waals surface area contributed by atoms with Gasteiger partial charge >= 0.3 is 0 Å². The van der Waals surface area contributed by atoms with Gasteiger partial charge in [-0.15, -0.1) is 0 Å². The van der Waals surface area contributed by atoms with E-state index in [2.05, 4.69) is 41.9 Å². The Kier molecular flexibility index (Phi) is 7.13. The highest BCUT2D eigenvalue weighted by Crippen LogP contribution is 2.35. The van der Waals surface area contributed by atoms with Gasteiger partial charge in [-0.3, -0.25) is 14.7 Å². The maximum atomic E-state index is 13.0. The summed E-state index contributed by atoms with van der Waals surface area (Å²) in [5.74, 6) is 0.151. The van der Waals surface area contributed by atoms with Crippen molar-refractivity contribution in [1.29, 1.82) is 0 Å². The first-order valence-electron chi connectivity index (χ1n) is 13.0. The summed E-state index contributed by atoms with van der Waals surface area (Å²) in [6, 6.07) is 20.0. The van der Waals surface area contributed by atoms with Gasteiger partial charge in [-0.2, -0.15) is 0 Å². The number of aryl methyl sites for hydroxylation is 2. The first-order chi connectivity index (χ1) is 17.8. The molecule has 0 atom stereocenters. The van der Waals surface area contributed by atoms with Crippen molar-refractivity contribution in [2.24, 2.45) is 0 Å². The van der Waals surface area contributed by atoms with Gasteiger partial charge in [0.25, 0.3) is 5.91 Å². The van der Waals surface area contributed by atoms with Crippen LogP contribution in [0.4, 0.5) is 0 Å². The SMILES string of the molecule is Cc1ccc(CN2CCC(O)(c3ccc4oc(C(=O)N(C)CCc5ccccn5)cc4c3)CC2)c(C)c1. The highest BCUT2D eigenvalue weighted by Gasteiger charge is 2.34. The van der Waals surface area contributed by atoms with Crippen molar-refractivity contribution < 1.29 is 14.3 Å². The van der Waals surface area contributed by atoms with Crippen molar-refractivity contribution in [3.8, 4) is 0 Å². The van der Waals surface area contributed by atoms with Crippen LogP contribution in [-0.2, 0) is 18.6 Å². The summed E-state index contributed by atoms with van der Waals surface area (Å²) in [6.45, 7) is 7.41. The van der Waals surface area contributed by atoms with Crippen LogP contribution in [0.5, 0.6) is 0 Å². The number of pyridine rings is 1. The van der Waals surface area contributed by atoms with Gasteiger partial charge in [0.15, 0.2) is 5.76 Å². The smallest absolute Gasteiger partial charge is 0.289 e. The third kappa shape index (κ3) is 5.60. The summed E-state index contributed by atoms with van der Waals surface area (Å²) in [5, 5.41) is 12.4. The lowest BCUT2D eigenvalue weighted by molar-refractivity contribution is -0.0276. The molecule has 2 aromatic heterocycles. The quantitative estimate of drug-likeness (QED) is 0.378. The molecule has 1 fully saturated rings. The number of likely N-dealkylation sites (tertiary alicyclic amines) is 1. The van der Waals surface area contributed by atoms with Crippen LogP contribution < -0.4 is 0 Å². The summed E-state index contributed by atoms with van der Waals surface area (Å²) >= 11 is 0. The van der Waals surface area contributed by atoms with Crippen molar-refractivity contribution >= 4 is 16.9 Å². The Morgan fingerprint density at radius 1 is 1.08 bits per heavy atom. The minimum Gasteiger partial charge on any atom is -0.451 e. The largest absolute Gasteiger partial charge is 0.451 e. The van der Waals surface area contributed by atoms with E-state index in [0.29, 0.717) is 37.2 Å². The standard InChI is InChI=1S/C31H35N3O3/c1-22-7-8-24(23(2)18-22)21-34-16-12-31(36,13-17-34)26-9-10-28-25(19-26)20-29(37-28)30(35)33(3)15-11-27-6-4-5-14-32-27/h4-10,14,18-20,36H,11-13,15-17,21H2,1-3H3. The number of aliphatic hydroxyl groups is 1. The number of hydrogen-bond acceptors (Lipinski definition) is 5. The van der Waals surface area contributed by atoms with Gasteiger partial charge in [0.05, 0.1) is 5.60 Å². The molecular weight excluding hydrogens is 462 g/mol. The molecule has 3 heterocycles. The van der Waals surface area contributed by atoms with Crippen LogP contribution in [0.15, 0.2) is 71.3 Å². The maximum absolute atomic E-state index is 13.0. The second-order valence-corrected chi connectivity index (χ2v) is 10.4. The van der Waals surface area contributed by atoms with Crippen LogP contribution in [0.1, 0.15) is 51.3 Å². The first kappa shape index (κ1) is 25.2. The molecule has 37 heavy (non-hydrogen) atoms. The average Bonchev–Trinajstić information content (AvgIpc) is 3.34. The van der Waals surface area contributed by atoms with E-state index in [9.17, 15) is 9.90 Å². The highest BCUT2D eigenvalue weighted by atomic mass is 16.3. The second kappa shape index (κ2) is 10.5. The van der Waals surface area contributed by atoms with Gasteiger partial charge in [-0.05, 0) is 73.7 Å². The number of amides is 1. The number of likely N-dealkylation sites (N-methyl/N-ethyl adjacent to an activating group) is 1. The number of fused-ring (bicyclic) bond motifs is 1. The number of aromatic nitrogens is 1. The van der Waals surface area contributed by atoms with Crippen molar-refractivity contribution in [2.75, 3.05) is 26.7 Å². The van der Waals surface area contributed by atoms with Gasteiger partial charge in [-0.1, -0.05) is 35.9 Å². The Labute approximate surface area is 218 Å². The molecule has 1 saturated heterocycles. The average molecular weight is 498 g/mol. The highest BCUT2D eigenvalue weighted by molar-refractivity contribution is 5.96. The van der Waals surface area contributed by atoms with Crippen molar-refractivity contribution in [3.63, 3.8) is 0 Å². The fourth-order valence-corrected chi connectivity index (χ4v) is 5.19. The lowest BCUT2D eigenvalue weighted by Gasteiger charge is -2.38. The number of rotatable bonds is 7. The summed E-state index contributed by atoms with van der Waals surface area (Å²) in [7, 11) is 1.78. The van der Waals surface area contributed by atoms with Gasteiger partial charge in [0, 0.05) is 56.9 Å². The molecule has 0 spiro atoms. The van der Waals surface area contributed by atoms with Crippen LogP contribution >= 0.6 is 0 Å². The van der Waals surface area contributed by atoms with Crippen LogP contribution in [0.25, 0.3) is 11.0 Å². The van der Waals surface area contributed by atoms with Crippen molar-refractivity contribution in [3.05, 3.63) is 101 Å². The van der Waals surface area contributed by atoms with Crippen LogP contribution in [0.3, 0.4) is 0 Å². The summed E-state index contributed by atoms with van der Waals surface area (Å²) in [5.41, 5.74) is 5.55. The molecular formula is C31H35N3O3. The summed E-state index contributed by atoms with van der Waals surface area (Å²) in [6.07, 6.45) is 3.78. The summed E-state index contributed by atoms with van der Waals surface area (Å²) in [4.78, 5) is 21.4. The monoisotopic (exact) mass is 497 g/mol. The molecule has 2 aromatic carbocycles. The molecule has 1 aliphatic heterocycles. The van der Waals surface area contributed by atoms with Crippen molar-refractivity contribution in [1.82, 2.24) is 14.8 Å². The van der Waals surface area contributed by atoms with E-state index < -0.39 is 5.60 Å². The minimum atomic E-state index is -0.881. The van der Waals surface area contributed by atoms with Crippen LogP contribution in [0, 0.1) is 13.8 Å². The van der Waals surface area contributed by atoms with E-state index in [1.54, 1.807) is 24.2 Å². The first-order valence-corrected chi connectivity index (χ1v) is 13.0. The van der Waals surface area contributed by atoms with Gasteiger partial charge in [0.2, 0.25) is 0 Å². The predicted octanol–water partition coefficient (Wildman–Crippen LogP) is 5.24. The fraction of sp³-hybridized carbons (Fsp3) is 0.355. The minimum absolute atomic E-state index is 0.160. The summed E-state index contributed by atoms with van der Waals surface area (Å²) < 4.78 is 5.88. The zero-order chi connectivity index (χ0) is 26.0. The Morgan fingerprint density at radius 2 is 1.89 bits per heavy atom. The second-order valence-electron chi connectivity index (χ2n) is 10.4. The lowest BCUT2D eigenvalue weighted by Crippen LogP contribution is -2.42. The van der Waals surface area contributed by atoms with E-state index in [4.69, 9.17) is 4.42 Å². The molecule has 1 aliphatic rings. The fourth-order valence-electron chi connectivity index (χ4n) is 5.19. The Bertz CT molecular complexity index is 1390. The Morgan fingerprint density at radius 3 is 2.62 bits per heavy atom. The molecule has 1 amide bonds. The number of benzene rings is 2. The predicted molar refractivity (Wildman–Crippen MR) is 145 cm³/mol. The number of hydrogen-bond donors (Lipinski definition) is 1. The van der Waals surface area contributed by atoms with Crippen LogP contribution in [-0.4, -0.2) is 52.5 Å². The topological polar surface area (TPSA) is 69.8 Å². The normalized spacial score (nSPS) is 15.7. The van der Waals surface area contributed by atoms with Gasteiger partial charge < -0.3 is 14.4 Å². The molecule has 0 aliphatic carbocycles. The van der Waals surface area contributed by atoms with Gasteiger partial charge in [-0.25, -0.2) is 0 Å². The molecule has 6 heteroatoms. The molecule has 1 N–H and O–H groups in total. The van der Waals surface area contributed by atoms with Gasteiger partial charge in [0.1, 0.15) is 5.58 Å². The molecule has 4 aromatic rings. The molecule has 192 valence electrons. The number of carbonyl (C=O) groups excluding carboxylic acids is 1. The molecule has 0 saturated carbocycles. The zero-order valence-corrected chi connectivity index (χ0v) is 21.9.